The Bertz CT molecular complexity index is 865. The van der Waals surface area contributed by atoms with Crippen LogP contribution in [0, 0.1) is 0 Å². The zero-order chi connectivity index (χ0) is 19.2. The van der Waals surface area contributed by atoms with Crippen LogP contribution in [0.5, 0.6) is 5.75 Å². The van der Waals surface area contributed by atoms with E-state index < -0.39 is 15.9 Å². The van der Waals surface area contributed by atoms with Crippen LogP contribution in [0.4, 0.5) is 5.69 Å². The highest BCUT2D eigenvalue weighted by Crippen LogP contribution is 2.24. The number of carbonyl (C=O) groups excluding carboxylic acids is 1. The number of nitrogens with one attached hydrogen (secondary N) is 1. The topological polar surface area (TPSA) is 75.7 Å². The van der Waals surface area contributed by atoms with E-state index >= 15 is 0 Å². The van der Waals surface area contributed by atoms with Crippen LogP contribution in [0.25, 0.3) is 0 Å². The highest BCUT2D eigenvalue weighted by Gasteiger charge is 2.21. The number of carbonyl (C=O) groups is 1. The van der Waals surface area contributed by atoms with E-state index in [0.717, 1.165) is 12.8 Å². The minimum absolute atomic E-state index is 0.101. The van der Waals surface area contributed by atoms with E-state index in [0.29, 0.717) is 18.0 Å². The summed E-state index contributed by atoms with van der Waals surface area (Å²) in [7, 11) is -0.558. The molecule has 0 unspecified atom stereocenters. The standard InChI is InChI=1S/C19H24N2O4S/c1-4-5-13-21(2)26(23,24)16-10-8-9-15(14-16)19(22)20-17-11-6-7-12-18(17)25-3/h6-12,14H,4-5,13H2,1-3H3,(H,20,22). The fourth-order valence-electron chi connectivity index (χ4n) is 2.42. The molecule has 0 saturated heterocycles. The van der Waals surface area contributed by atoms with Gasteiger partial charge in [0.2, 0.25) is 10.0 Å². The maximum absolute atomic E-state index is 12.6. The fraction of sp³-hybridized carbons (Fsp3) is 0.316. The first-order valence-corrected chi connectivity index (χ1v) is 9.85. The molecule has 6 nitrogen and oxygen atoms in total. The van der Waals surface area contributed by atoms with E-state index in [1.807, 2.05) is 6.92 Å². The molecule has 1 N–H and O–H groups in total. The summed E-state index contributed by atoms with van der Waals surface area (Å²) in [5.41, 5.74) is 0.786. The molecule has 0 aliphatic heterocycles. The Morgan fingerprint density at radius 1 is 1.15 bits per heavy atom. The van der Waals surface area contributed by atoms with Gasteiger partial charge in [0.25, 0.3) is 5.91 Å². The number of para-hydroxylation sites is 2. The van der Waals surface area contributed by atoms with E-state index in [9.17, 15) is 13.2 Å². The van der Waals surface area contributed by atoms with Gasteiger partial charge in [-0.2, -0.15) is 0 Å². The lowest BCUT2D eigenvalue weighted by atomic mass is 10.2. The van der Waals surface area contributed by atoms with Gasteiger partial charge in [0, 0.05) is 19.2 Å². The average Bonchev–Trinajstić information content (AvgIpc) is 2.66. The second-order valence-corrected chi connectivity index (χ2v) is 7.91. The van der Waals surface area contributed by atoms with E-state index in [1.165, 1.54) is 23.5 Å². The van der Waals surface area contributed by atoms with Crippen LogP contribution >= 0.6 is 0 Å². The maximum atomic E-state index is 12.6. The normalized spacial score (nSPS) is 11.4. The Kier molecular flexibility index (Phi) is 6.76. The molecule has 0 saturated carbocycles. The number of methoxy groups -OCH3 is 1. The Morgan fingerprint density at radius 3 is 2.58 bits per heavy atom. The van der Waals surface area contributed by atoms with Crippen LogP contribution < -0.4 is 10.1 Å². The smallest absolute Gasteiger partial charge is 0.255 e. The number of amides is 1. The highest BCUT2D eigenvalue weighted by atomic mass is 32.2. The second-order valence-electron chi connectivity index (χ2n) is 5.86. The molecular formula is C19H24N2O4S. The molecule has 140 valence electrons. The summed E-state index contributed by atoms with van der Waals surface area (Å²) < 4.78 is 31.8. The second kappa shape index (κ2) is 8.82. The van der Waals surface area contributed by atoms with Gasteiger partial charge >= 0.3 is 0 Å². The van der Waals surface area contributed by atoms with Crippen molar-refractivity contribution >= 4 is 21.6 Å². The van der Waals surface area contributed by atoms with Crippen LogP contribution in [0.2, 0.25) is 0 Å². The van der Waals surface area contributed by atoms with Crippen molar-refractivity contribution < 1.29 is 17.9 Å². The maximum Gasteiger partial charge on any atom is 0.255 e. The van der Waals surface area contributed by atoms with Gasteiger partial charge in [-0.3, -0.25) is 4.79 Å². The molecule has 0 aromatic heterocycles. The number of anilines is 1. The van der Waals surface area contributed by atoms with E-state index in [4.69, 9.17) is 4.74 Å². The molecule has 26 heavy (non-hydrogen) atoms. The first kappa shape index (κ1) is 19.9. The van der Waals surface area contributed by atoms with Crippen molar-refractivity contribution in [3.63, 3.8) is 0 Å². The number of unbranched alkanes of at least 4 members (excludes halogenated alkanes) is 1. The highest BCUT2D eigenvalue weighted by molar-refractivity contribution is 7.89. The van der Waals surface area contributed by atoms with Gasteiger partial charge in [-0.25, -0.2) is 12.7 Å². The largest absolute Gasteiger partial charge is 0.495 e. The van der Waals surface area contributed by atoms with E-state index in [1.54, 1.807) is 43.4 Å². The van der Waals surface area contributed by atoms with Gasteiger partial charge in [0.1, 0.15) is 5.75 Å². The molecule has 2 aromatic carbocycles. The number of rotatable bonds is 8. The molecule has 0 radical (unpaired) electrons. The Hall–Kier alpha value is -2.38. The molecule has 7 heteroatoms. The number of benzene rings is 2. The van der Waals surface area contributed by atoms with Crippen molar-refractivity contribution in [3.8, 4) is 5.75 Å². The van der Waals surface area contributed by atoms with Crippen LogP contribution in [-0.4, -0.2) is 39.3 Å². The van der Waals surface area contributed by atoms with E-state index in [-0.39, 0.29) is 10.5 Å². The number of ether oxygens (including phenoxy) is 1. The molecular weight excluding hydrogens is 352 g/mol. The Labute approximate surface area is 154 Å². The van der Waals surface area contributed by atoms with Crippen LogP contribution in [-0.2, 0) is 10.0 Å². The summed E-state index contributed by atoms with van der Waals surface area (Å²) in [6, 6.07) is 13.1. The van der Waals surface area contributed by atoms with Crippen LogP contribution in [0.15, 0.2) is 53.4 Å². The molecule has 1 amide bonds. The summed E-state index contributed by atoms with van der Waals surface area (Å²) in [6.07, 6.45) is 1.69. The van der Waals surface area contributed by atoms with E-state index in [2.05, 4.69) is 5.32 Å². The van der Waals surface area contributed by atoms with Gasteiger partial charge in [-0.15, -0.1) is 0 Å². The van der Waals surface area contributed by atoms with Gasteiger partial charge in [-0.1, -0.05) is 31.5 Å². The lowest BCUT2D eigenvalue weighted by Gasteiger charge is -2.17. The number of hydrogen-bond acceptors (Lipinski definition) is 4. The van der Waals surface area contributed by atoms with Gasteiger partial charge in [0.05, 0.1) is 17.7 Å². The SMILES string of the molecule is CCCCN(C)S(=O)(=O)c1cccc(C(=O)Nc2ccccc2OC)c1. The summed E-state index contributed by atoms with van der Waals surface area (Å²) in [5, 5.41) is 2.75. The van der Waals surface area contributed by atoms with Gasteiger partial charge < -0.3 is 10.1 Å². The quantitative estimate of drug-likeness (QED) is 0.766. The third-order valence-corrected chi connectivity index (χ3v) is 5.84. The third-order valence-electron chi connectivity index (χ3n) is 3.99. The number of hydrogen-bond donors (Lipinski definition) is 1. The first-order chi connectivity index (χ1) is 12.4. The zero-order valence-electron chi connectivity index (χ0n) is 15.2. The zero-order valence-corrected chi connectivity index (χ0v) is 16.0. The van der Waals surface area contributed by atoms with Crippen molar-refractivity contribution in [2.45, 2.75) is 24.7 Å². The number of sulfonamides is 1. The molecule has 0 heterocycles. The fourth-order valence-corrected chi connectivity index (χ4v) is 3.68. The molecule has 0 aliphatic rings. The number of nitrogens with zero attached hydrogens (tertiary/aromatic N) is 1. The lowest BCUT2D eigenvalue weighted by molar-refractivity contribution is 0.102. The predicted octanol–water partition coefficient (Wildman–Crippen LogP) is 3.37. The molecule has 2 aromatic rings. The van der Waals surface area contributed by atoms with Crippen LogP contribution in [0.1, 0.15) is 30.1 Å². The Morgan fingerprint density at radius 2 is 1.88 bits per heavy atom. The van der Waals surface area contributed by atoms with Crippen molar-refractivity contribution in [1.82, 2.24) is 4.31 Å². The summed E-state index contributed by atoms with van der Waals surface area (Å²) in [6.45, 7) is 2.44. The predicted molar refractivity (Wildman–Crippen MR) is 102 cm³/mol. The summed E-state index contributed by atoms with van der Waals surface area (Å²) in [4.78, 5) is 12.6. The van der Waals surface area contributed by atoms with Crippen molar-refractivity contribution in [3.05, 3.63) is 54.1 Å². The Balaban J connectivity index is 2.24. The van der Waals surface area contributed by atoms with Crippen LogP contribution in [0.3, 0.4) is 0 Å². The molecule has 0 spiro atoms. The minimum Gasteiger partial charge on any atom is -0.495 e. The molecule has 0 fully saturated rings. The monoisotopic (exact) mass is 376 g/mol. The summed E-state index contributed by atoms with van der Waals surface area (Å²) >= 11 is 0. The minimum atomic E-state index is -3.62. The average molecular weight is 376 g/mol. The molecule has 0 atom stereocenters. The van der Waals surface area contributed by atoms with Crippen molar-refractivity contribution in [2.24, 2.45) is 0 Å². The molecule has 0 bridgehead atoms. The summed E-state index contributed by atoms with van der Waals surface area (Å²) in [5.74, 6) is 0.131. The first-order valence-electron chi connectivity index (χ1n) is 8.41. The molecule has 2 rings (SSSR count). The third kappa shape index (κ3) is 4.62. The van der Waals surface area contributed by atoms with Gasteiger partial charge in [-0.05, 0) is 36.8 Å². The van der Waals surface area contributed by atoms with Crippen molar-refractivity contribution in [2.75, 3.05) is 26.0 Å². The molecule has 0 aliphatic carbocycles. The van der Waals surface area contributed by atoms with Crippen molar-refractivity contribution in [1.29, 1.82) is 0 Å². The lowest BCUT2D eigenvalue weighted by Crippen LogP contribution is -2.28. The van der Waals surface area contributed by atoms with Gasteiger partial charge in [0.15, 0.2) is 0 Å².